The minimum Gasteiger partial charge on any atom is -0.369 e. The van der Waals surface area contributed by atoms with Crippen molar-refractivity contribution in [2.24, 2.45) is 0 Å². The Morgan fingerprint density at radius 2 is 1.89 bits per heavy atom. The van der Waals surface area contributed by atoms with Crippen molar-refractivity contribution in [1.29, 1.82) is 0 Å². The lowest BCUT2D eigenvalue weighted by Gasteiger charge is -2.37. The maximum atomic E-state index is 15.1. The second-order valence-electron chi connectivity index (χ2n) is 9.37. The lowest BCUT2D eigenvalue weighted by Crippen LogP contribution is -2.44. The predicted molar refractivity (Wildman–Crippen MR) is 142 cm³/mol. The van der Waals surface area contributed by atoms with Crippen molar-refractivity contribution in [3.8, 4) is 5.82 Å². The Morgan fingerprint density at radius 3 is 2.64 bits per heavy atom. The predicted octanol–water partition coefficient (Wildman–Crippen LogP) is 4.76. The second kappa shape index (κ2) is 9.45. The molecule has 188 valence electrons. The smallest absolute Gasteiger partial charge is 0.248 e. The van der Waals surface area contributed by atoms with E-state index in [4.69, 9.17) is 17.3 Å². The van der Waals surface area contributed by atoms with E-state index in [0.717, 1.165) is 41.7 Å². The number of hydrogen-bond acceptors (Lipinski definition) is 9. The lowest BCUT2D eigenvalue weighted by atomic mass is 10.0. The highest BCUT2D eigenvalue weighted by atomic mass is 35.5. The fraction of sp³-hybridized carbons (Fsp3) is 0.417. The monoisotopic (exact) mass is 527 g/mol. The Kier molecular flexibility index (Phi) is 6.14. The first-order valence-corrected chi connectivity index (χ1v) is 13.4. The number of nitrogens with two attached hydrogens (primary N) is 1. The number of benzene rings is 1. The van der Waals surface area contributed by atoms with Crippen LogP contribution >= 0.6 is 22.9 Å². The first kappa shape index (κ1) is 23.4. The zero-order chi connectivity index (χ0) is 24.8. The summed E-state index contributed by atoms with van der Waals surface area (Å²) in [5, 5.41) is 9.59. The molecule has 0 bridgehead atoms. The standard InChI is InChI=1S/C24H27ClFN9S/c1-14-13-36-20-19(14)29-22(25)30-21(20)35-23(27)31-24(32-35)28-15-4-5-18(17(26)12-15)34-10-6-16(7-11-34)33-8-2-3-9-33/h4-5,12-13,16H,2-3,6-11H2,1H3,(H3,27,28,31,32). The molecule has 4 aromatic rings. The lowest BCUT2D eigenvalue weighted by molar-refractivity contribution is 0.207. The number of nitrogen functional groups attached to an aromatic ring is 1. The Labute approximate surface area is 217 Å². The highest BCUT2D eigenvalue weighted by Gasteiger charge is 2.27. The SMILES string of the molecule is Cc1csc2c(-n3nc(Nc4ccc(N5CCC(N6CCCC6)CC5)c(F)c4)nc3N)nc(Cl)nc12. The van der Waals surface area contributed by atoms with E-state index in [0.29, 0.717) is 23.2 Å². The summed E-state index contributed by atoms with van der Waals surface area (Å²) in [7, 11) is 0. The van der Waals surface area contributed by atoms with Crippen LogP contribution in [0.25, 0.3) is 16.0 Å². The zero-order valence-corrected chi connectivity index (χ0v) is 21.5. The molecule has 9 nitrogen and oxygen atoms in total. The van der Waals surface area contributed by atoms with Crippen molar-refractivity contribution in [3.63, 3.8) is 0 Å². The Hall–Kier alpha value is -3.02. The van der Waals surface area contributed by atoms with Crippen molar-refractivity contribution < 1.29 is 4.39 Å². The van der Waals surface area contributed by atoms with Crippen molar-refractivity contribution in [1.82, 2.24) is 29.6 Å². The van der Waals surface area contributed by atoms with Crippen LogP contribution in [0.5, 0.6) is 0 Å². The normalized spacial score (nSPS) is 17.4. The fourth-order valence-electron chi connectivity index (χ4n) is 5.22. The number of aryl methyl sites for hydroxylation is 1. The number of rotatable bonds is 5. The molecular formula is C24H27ClFN9S. The van der Waals surface area contributed by atoms with Gasteiger partial charge in [-0.1, -0.05) is 0 Å². The molecule has 6 rings (SSSR count). The van der Waals surface area contributed by atoms with E-state index in [1.54, 1.807) is 0 Å². The van der Waals surface area contributed by atoms with Gasteiger partial charge in [-0.15, -0.1) is 16.4 Å². The molecule has 12 heteroatoms. The highest BCUT2D eigenvalue weighted by molar-refractivity contribution is 7.17. The number of likely N-dealkylation sites (tertiary alicyclic amines) is 1. The fourth-order valence-corrected chi connectivity index (χ4v) is 6.34. The Balaban J connectivity index is 1.18. The first-order chi connectivity index (χ1) is 17.5. The van der Waals surface area contributed by atoms with E-state index in [1.807, 2.05) is 24.4 Å². The molecule has 36 heavy (non-hydrogen) atoms. The maximum absolute atomic E-state index is 15.1. The van der Waals surface area contributed by atoms with Crippen molar-refractivity contribution in [2.75, 3.05) is 42.1 Å². The molecular weight excluding hydrogens is 501 g/mol. The van der Waals surface area contributed by atoms with Gasteiger partial charge in [0.1, 0.15) is 5.82 Å². The summed E-state index contributed by atoms with van der Waals surface area (Å²) in [4.78, 5) is 17.7. The van der Waals surface area contributed by atoms with E-state index in [1.165, 1.54) is 48.0 Å². The number of nitrogens with one attached hydrogen (secondary N) is 1. The van der Waals surface area contributed by atoms with Gasteiger partial charge in [-0.2, -0.15) is 14.6 Å². The molecule has 0 spiro atoms. The van der Waals surface area contributed by atoms with Crippen molar-refractivity contribution >= 4 is 56.4 Å². The molecule has 2 aliphatic heterocycles. The molecule has 0 radical (unpaired) electrons. The van der Waals surface area contributed by atoms with Gasteiger partial charge in [-0.3, -0.25) is 0 Å². The summed E-state index contributed by atoms with van der Waals surface area (Å²) in [6, 6.07) is 5.75. The molecule has 2 aliphatic rings. The van der Waals surface area contributed by atoms with Gasteiger partial charge >= 0.3 is 0 Å². The number of fused-ring (bicyclic) bond motifs is 1. The highest BCUT2D eigenvalue weighted by Crippen LogP contribution is 2.32. The average Bonchev–Trinajstić information content (AvgIpc) is 3.61. The molecule has 0 saturated carbocycles. The molecule has 3 N–H and O–H groups in total. The van der Waals surface area contributed by atoms with Crippen LogP contribution in [0.2, 0.25) is 5.28 Å². The van der Waals surface area contributed by atoms with Gasteiger partial charge in [0.25, 0.3) is 0 Å². The summed E-state index contributed by atoms with van der Waals surface area (Å²) >= 11 is 7.63. The Bertz CT molecular complexity index is 1410. The van der Waals surface area contributed by atoms with Crippen molar-refractivity contribution in [2.45, 2.75) is 38.6 Å². The van der Waals surface area contributed by atoms with Crippen LogP contribution in [0.4, 0.5) is 27.7 Å². The van der Waals surface area contributed by atoms with Crippen LogP contribution < -0.4 is 16.0 Å². The quantitative estimate of drug-likeness (QED) is 0.358. The van der Waals surface area contributed by atoms with Crippen LogP contribution in [0.3, 0.4) is 0 Å². The van der Waals surface area contributed by atoms with Gasteiger partial charge in [-0.05, 0) is 86.4 Å². The molecule has 0 unspecified atom stereocenters. The Morgan fingerprint density at radius 1 is 1.11 bits per heavy atom. The number of anilines is 4. The minimum atomic E-state index is -0.273. The van der Waals surface area contributed by atoms with Crippen LogP contribution in [0.1, 0.15) is 31.2 Å². The van der Waals surface area contributed by atoms with E-state index in [-0.39, 0.29) is 23.0 Å². The maximum Gasteiger partial charge on any atom is 0.248 e. The topological polar surface area (TPSA) is 101 Å². The number of piperidine rings is 1. The van der Waals surface area contributed by atoms with E-state index in [2.05, 4.69) is 35.2 Å². The van der Waals surface area contributed by atoms with Crippen LogP contribution in [-0.4, -0.2) is 61.9 Å². The van der Waals surface area contributed by atoms with E-state index in [9.17, 15) is 0 Å². The van der Waals surface area contributed by atoms with Gasteiger partial charge in [0.2, 0.25) is 17.2 Å². The third kappa shape index (κ3) is 4.35. The van der Waals surface area contributed by atoms with Gasteiger partial charge in [0.05, 0.1) is 15.9 Å². The van der Waals surface area contributed by atoms with Crippen LogP contribution in [0, 0.1) is 12.7 Å². The summed E-state index contributed by atoms with van der Waals surface area (Å²) in [6.07, 6.45) is 4.74. The van der Waals surface area contributed by atoms with Gasteiger partial charge < -0.3 is 20.9 Å². The number of nitrogens with zero attached hydrogens (tertiary/aromatic N) is 7. The molecule has 0 aliphatic carbocycles. The van der Waals surface area contributed by atoms with Crippen LogP contribution in [-0.2, 0) is 0 Å². The third-order valence-electron chi connectivity index (χ3n) is 7.05. The number of thiophene rings is 1. The van der Waals surface area contributed by atoms with Gasteiger partial charge in [-0.25, -0.2) is 9.37 Å². The molecule has 3 aromatic heterocycles. The largest absolute Gasteiger partial charge is 0.369 e. The minimum absolute atomic E-state index is 0.102. The zero-order valence-electron chi connectivity index (χ0n) is 19.9. The molecule has 2 saturated heterocycles. The first-order valence-electron chi connectivity index (χ1n) is 12.2. The van der Waals surface area contributed by atoms with E-state index >= 15 is 4.39 Å². The molecule has 2 fully saturated rings. The third-order valence-corrected chi connectivity index (χ3v) is 8.30. The second-order valence-corrected chi connectivity index (χ2v) is 10.6. The number of hydrogen-bond donors (Lipinski definition) is 2. The van der Waals surface area contributed by atoms with Crippen LogP contribution in [0.15, 0.2) is 23.6 Å². The summed E-state index contributed by atoms with van der Waals surface area (Å²) in [6.45, 7) is 6.10. The van der Waals surface area contributed by atoms with Gasteiger partial charge in [0.15, 0.2) is 5.82 Å². The average molecular weight is 528 g/mol. The van der Waals surface area contributed by atoms with Crippen molar-refractivity contribution in [3.05, 3.63) is 40.2 Å². The summed E-state index contributed by atoms with van der Waals surface area (Å²) in [5.41, 5.74) is 9.06. The molecule has 0 atom stereocenters. The molecule has 1 aromatic carbocycles. The van der Waals surface area contributed by atoms with E-state index < -0.39 is 0 Å². The number of halogens is 2. The summed E-state index contributed by atoms with van der Waals surface area (Å²) in [5.74, 6) is 0.560. The van der Waals surface area contributed by atoms with Gasteiger partial charge in [0, 0.05) is 24.8 Å². The molecule has 0 amide bonds. The molecule has 5 heterocycles. The number of aromatic nitrogens is 5. The summed E-state index contributed by atoms with van der Waals surface area (Å²) < 4.78 is 17.3.